The average molecular weight is 256 g/mol. The van der Waals surface area contributed by atoms with Gasteiger partial charge in [0.1, 0.15) is 6.04 Å². The van der Waals surface area contributed by atoms with Gasteiger partial charge in [-0.2, -0.15) is 0 Å². The Morgan fingerprint density at radius 3 is 2.65 bits per heavy atom. The molecule has 1 rings (SSSR count). The fourth-order valence-corrected chi connectivity index (χ4v) is 2.68. The van der Waals surface area contributed by atoms with E-state index in [0.717, 1.165) is 0 Å². The number of carbonyl (C=O) groups is 2. The van der Waals surface area contributed by atoms with E-state index in [-0.39, 0.29) is 5.37 Å². The molecule has 0 aromatic heterocycles. The highest BCUT2D eigenvalue weighted by atomic mass is 32.2. The van der Waals surface area contributed by atoms with Gasteiger partial charge in [0, 0.05) is 5.75 Å². The van der Waals surface area contributed by atoms with Gasteiger partial charge in [-0.1, -0.05) is 5.92 Å². The Bertz CT molecular complexity index is 375. The third-order valence-electron chi connectivity index (χ3n) is 2.52. The van der Waals surface area contributed by atoms with Crippen LogP contribution in [0.4, 0.5) is 4.79 Å². The monoisotopic (exact) mass is 256 g/mol. The number of thioether (sulfide) groups is 1. The molecule has 0 radical (unpaired) electrons. The summed E-state index contributed by atoms with van der Waals surface area (Å²) in [5, 5.41) is 11.5. The molecule has 0 aromatic carbocycles. The smallest absolute Gasteiger partial charge is 0.327 e. The van der Waals surface area contributed by atoms with Gasteiger partial charge in [0.2, 0.25) is 0 Å². The summed E-state index contributed by atoms with van der Waals surface area (Å²) in [7, 11) is 0. The first-order chi connectivity index (χ1) is 7.78. The van der Waals surface area contributed by atoms with Crippen LogP contribution < -0.4 is 5.32 Å². The maximum Gasteiger partial charge on any atom is 0.327 e. The summed E-state index contributed by atoms with van der Waals surface area (Å²) in [6.07, 6.45) is 5.28. The van der Waals surface area contributed by atoms with Crippen LogP contribution in [-0.2, 0) is 4.79 Å². The summed E-state index contributed by atoms with van der Waals surface area (Å²) >= 11 is 1.44. The normalized spacial score (nSPS) is 24.2. The van der Waals surface area contributed by atoms with Gasteiger partial charge < -0.3 is 10.4 Å². The Labute approximate surface area is 105 Å². The fraction of sp³-hybridized carbons (Fsp3) is 0.636. The van der Waals surface area contributed by atoms with Crippen LogP contribution in [-0.4, -0.2) is 44.7 Å². The number of carbonyl (C=O) groups excluding carboxylic acids is 1. The number of hydrogen-bond acceptors (Lipinski definition) is 3. The lowest BCUT2D eigenvalue weighted by atomic mass is 10.1. The van der Waals surface area contributed by atoms with Crippen LogP contribution in [0.25, 0.3) is 0 Å². The Morgan fingerprint density at radius 1 is 1.59 bits per heavy atom. The number of aliphatic carboxylic acids is 1. The molecule has 2 N–H and O–H groups in total. The molecule has 2 atom stereocenters. The van der Waals surface area contributed by atoms with E-state index in [0.29, 0.717) is 5.75 Å². The number of carboxylic acids is 1. The quantitative estimate of drug-likeness (QED) is 0.722. The molecule has 6 heteroatoms. The standard InChI is InChI=1S/C11H16N2O3S/c1-5-11(3,4)12-10(16)13-7(2)17-6-8(13)9(14)15/h1,7-8H,6H2,2-4H3,(H,12,16)(H,14,15). The molecular formula is C11H16N2O3S. The van der Waals surface area contributed by atoms with E-state index < -0.39 is 23.6 Å². The van der Waals surface area contributed by atoms with E-state index in [9.17, 15) is 9.59 Å². The van der Waals surface area contributed by atoms with Gasteiger partial charge >= 0.3 is 12.0 Å². The van der Waals surface area contributed by atoms with Crippen molar-refractivity contribution in [2.24, 2.45) is 0 Å². The van der Waals surface area contributed by atoms with E-state index in [2.05, 4.69) is 11.2 Å². The summed E-state index contributed by atoms with van der Waals surface area (Å²) in [6.45, 7) is 5.18. The largest absolute Gasteiger partial charge is 0.480 e. The highest BCUT2D eigenvalue weighted by Crippen LogP contribution is 2.28. The third-order valence-corrected chi connectivity index (χ3v) is 3.74. The zero-order valence-electron chi connectivity index (χ0n) is 10.1. The summed E-state index contributed by atoms with van der Waals surface area (Å²) in [5.74, 6) is 1.85. The minimum absolute atomic E-state index is 0.162. The number of hydrogen-bond donors (Lipinski definition) is 2. The summed E-state index contributed by atoms with van der Waals surface area (Å²) in [6, 6.07) is -1.22. The number of nitrogens with zero attached hydrogens (tertiary/aromatic N) is 1. The van der Waals surface area contributed by atoms with E-state index >= 15 is 0 Å². The van der Waals surface area contributed by atoms with E-state index in [1.165, 1.54) is 16.7 Å². The molecule has 0 aliphatic carbocycles. The Kier molecular flexibility index (Phi) is 3.94. The third kappa shape index (κ3) is 3.07. The highest BCUT2D eigenvalue weighted by molar-refractivity contribution is 8.00. The number of rotatable bonds is 2. The Hall–Kier alpha value is -1.35. The first kappa shape index (κ1) is 13.7. The molecule has 2 amide bonds. The van der Waals surface area contributed by atoms with Crippen molar-refractivity contribution in [3.05, 3.63) is 0 Å². The zero-order chi connectivity index (χ0) is 13.2. The lowest BCUT2D eigenvalue weighted by molar-refractivity contribution is -0.141. The fourth-order valence-electron chi connectivity index (χ4n) is 1.51. The van der Waals surface area contributed by atoms with Crippen molar-refractivity contribution in [2.45, 2.75) is 37.7 Å². The van der Waals surface area contributed by atoms with Crippen LogP contribution in [0.3, 0.4) is 0 Å². The van der Waals surface area contributed by atoms with Crippen molar-refractivity contribution in [1.29, 1.82) is 0 Å². The van der Waals surface area contributed by atoms with Crippen LogP contribution in [0.2, 0.25) is 0 Å². The van der Waals surface area contributed by atoms with Crippen LogP contribution in [0.5, 0.6) is 0 Å². The van der Waals surface area contributed by atoms with Gasteiger partial charge in [-0.3, -0.25) is 4.90 Å². The molecule has 0 spiro atoms. The highest BCUT2D eigenvalue weighted by Gasteiger charge is 2.40. The van der Waals surface area contributed by atoms with Gasteiger partial charge in [0.05, 0.1) is 10.9 Å². The summed E-state index contributed by atoms with van der Waals surface area (Å²) in [5.41, 5.74) is -0.785. The van der Waals surface area contributed by atoms with Crippen molar-refractivity contribution in [2.75, 3.05) is 5.75 Å². The van der Waals surface area contributed by atoms with Crippen molar-refractivity contribution in [3.8, 4) is 12.3 Å². The topological polar surface area (TPSA) is 69.6 Å². The van der Waals surface area contributed by atoms with E-state index in [4.69, 9.17) is 11.5 Å². The van der Waals surface area contributed by atoms with Gasteiger partial charge in [-0.05, 0) is 20.8 Å². The van der Waals surface area contributed by atoms with Crippen LogP contribution in [0.15, 0.2) is 0 Å². The van der Waals surface area contributed by atoms with Crippen LogP contribution in [0.1, 0.15) is 20.8 Å². The number of urea groups is 1. The molecule has 2 unspecified atom stereocenters. The predicted molar refractivity (Wildman–Crippen MR) is 66.6 cm³/mol. The number of carboxylic acid groups (broad SMARTS) is 1. The molecule has 1 aliphatic rings. The number of amides is 2. The molecule has 0 bridgehead atoms. The maximum atomic E-state index is 12.0. The minimum Gasteiger partial charge on any atom is -0.480 e. The molecule has 0 saturated carbocycles. The first-order valence-electron chi connectivity index (χ1n) is 5.21. The lowest BCUT2D eigenvalue weighted by Gasteiger charge is -2.29. The summed E-state index contributed by atoms with van der Waals surface area (Å²) < 4.78 is 0. The molecule has 0 aromatic rings. The van der Waals surface area contributed by atoms with Crippen LogP contribution >= 0.6 is 11.8 Å². The van der Waals surface area contributed by atoms with Crippen molar-refractivity contribution in [3.63, 3.8) is 0 Å². The molecule has 17 heavy (non-hydrogen) atoms. The lowest BCUT2D eigenvalue weighted by Crippen LogP contribution is -2.54. The zero-order valence-corrected chi connectivity index (χ0v) is 10.9. The Morgan fingerprint density at radius 2 is 2.18 bits per heavy atom. The predicted octanol–water partition coefficient (Wildman–Crippen LogP) is 0.956. The second kappa shape index (κ2) is 4.88. The number of nitrogens with one attached hydrogen (secondary N) is 1. The SMILES string of the molecule is C#CC(C)(C)NC(=O)N1C(C)SCC1C(=O)O. The van der Waals surface area contributed by atoms with E-state index in [1.54, 1.807) is 20.8 Å². The average Bonchev–Trinajstić information content (AvgIpc) is 2.59. The van der Waals surface area contributed by atoms with E-state index in [1.807, 2.05) is 0 Å². The van der Waals surface area contributed by atoms with Crippen molar-refractivity contribution >= 4 is 23.8 Å². The second-order valence-electron chi connectivity index (χ2n) is 4.39. The molecule has 1 aliphatic heterocycles. The first-order valence-corrected chi connectivity index (χ1v) is 6.26. The molecule has 1 saturated heterocycles. The molecule has 94 valence electrons. The van der Waals surface area contributed by atoms with Crippen molar-refractivity contribution < 1.29 is 14.7 Å². The molecule has 1 fully saturated rings. The maximum absolute atomic E-state index is 12.0. The van der Waals surface area contributed by atoms with Gasteiger partial charge in [-0.25, -0.2) is 9.59 Å². The van der Waals surface area contributed by atoms with Gasteiger partial charge in [-0.15, -0.1) is 18.2 Å². The van der Waals surface area contributed by atoms with Gasteiger partial charge in [0.25, 0.3) is 0 Å². The Balaban J connectivity index is 2.80. The van der Waals surface area contributed by atoms with Gasteiger partial charge in [0.15, 0.2) is 0 Å². The molecule has 1 heterocycles. The summed E-state index contributed by atoms with van der Waals surface area (Å²) in [4.78, 5) is 24.3. The molecule has 5 nitrogen and oxygen atoms in total. The molecular weight excluding hydrogens is 240 g/mol. The second-order valence-corrected chi connectivity index (χ2v) is 5.74. The van der Waals surface area contributed by atoms with Crippen LogP contribution in [0, 0.1) is 12.3 Å². The number of terminal acetylenes is 1. The minimum atomic E-state index is -0.990. The van der Waals surface area contributed by atoms with Crippen molar-refractivity contribution in [1.82, 2.24) is 10.2 Å².